The van der Waals surface area contributed by atoms with Crippen LogP contribution in [-0.4, -0.2) is 0 Å². The second-order valence-electron chi connectivity index (χ2n) is 4.09. The Morgan fingerprint density at radius 1 is 1.06 bits per heavy atom. The van der Waals surface area contributed by atoms with Crippen molar-refractivity contribution in [2.45, 2.75) is 12.3 Å². The lowest BCUT2D eigenvalue weighted by Gasteiger charge is -2.17. The van der Waals surface area contributed by atoms with Crippen LogP contribution >= 0.6 is 11.3 Å². The molecule has 3 heteroatoms. The summed E-state index contributed by atoms with van der Waals surface area (Å²) in [4.78, 5) is 0. The van der Waals surface area contributed by atoms with Gasteiger partial charge in [0, 0.05) is 5.92 Å². The first kappa shape index (κ1) is 12.4. The van der Waals surface area contributed by atoms with Crippen molar-refractivity contribution in [3.8, 4) is 12.1 Å². The highest BCUT2D eigenvalue weighted by Crippen LogP contribution is 2.28. The molecular weight excluding hydrogens is 240 g/mol. The van der Waals surface area contributed by atoms with Crippen LogP contribution in [0.1, 0.15) is 17.0 Å². The number of nitrogens with zero attached hydrogens (tertiary/aromatic N) is 2. The quantitative estimate of drug-likeness (QED) is 0.832. The maximum Gasteiger partial charge on any atom is 0.140 e. The van der Waals surface area contributed by atoms with Crippen molar-refractivity contribution in [3.05, 3.63) is 58.3 Å². The zero-order valence-corrected chi connectivity index (χ0v) is 10.6. The SMILES string of the molecule is N#CC(C#N)[C@@H](Cc1ccsc1)c1ccccc1. The van der Waals surface area contributed by atoms with Gasteiger partial charge in [-0.2, -0.15) is 21.9 Å². The summed E-state index contributed by atoms with van der Waals surface area (Å²) in [6.45, 7) is 0. The van der Waals surface area contributed by atoms with Crippen LogP contribution in [0.5, 0.6) is 0 Å². The highest BCUT2D eigenvalue weighted by molar-refractivity contribution is 7.07. The van der Waals surface area contributed by atoms with E-state index in [-0.39, 0.29) is 5.92 Å². The van der Waals surface area contributed by atoms with Crippen molar-refractivity contribution in [2.24, 2.45) is 5.92 Å². The fourth-order valence-corrected chi connectivity index (χ4v) is 2.68. The molecule has 88 valence electrons. The Labute approximate surface area is 111 Å². The monoisotopic (exact) mass is 252 g/mol. The van der Waals surface area contributed by atoms with Gasteiger partial charge in [-0.05, 0) is 34.4 Å². The molecule has 0 aliphatic carbocycles. The van der Waals surface area contributed by atoms with Crippen LogP contribution in [0.2, 0.25) is 0 Å². The molecule has 0 unspecified atom stereocenters. The summed E-state index contributed by atoms with van der Waals surface area (Å²) < 4.78 is 0. The Morgan fingerprint density at radius 2 is 1.78 bits per heavy atom. The van der Waals surface area contributed by atoms with E-state index in [0.29, 0.717) is 0 Å². The molecule has 2 nitrogen and oxygen atoms in total. The third-order valence-electron chi connectivity index (χ3n) is 2.94. The first-order chi connectivity index (χ1) is 8.85. The first-order valence-corrected chi connectivity index (χ1v) is 6.64. The lowest BCUT2D eigenvalue weighted by atomic mass is 9.83. The molecule has 0 bridgehead atoms. The van der Waals surface area contributed by atoms with Crippen LogP contribution < -0.4 is 0 Å². The smallest absolute Gasteiger partial charge is 0.140 e. The van der Waals surface area contributed by atoms with Crippen molar-refractivity contribution in [3.63, 3.8) is 0 Å². The maximum absolute atomic E-state index is 9.12. The Hall–Kier alpha value is -2.10. The van der Waals surface area contributed by atoms with E-state index < -0.39 is 5.92 Å². The third-order valence-corrected chi connectivity index (χ3v) is 3.68. The molecular formula is C15H12N2S. The number of nitriles is 2. The van der Waals surface area contributed by atoms with E-state index in [1.165, 1.54) is 5.56 Å². The standard InChI is InChI=1S/C15H12N2S/c16-9-14(10-17)15(8-12-6-7-18-11-12)13-4-2-1-3-5-13/h1-7,11,14-15H,8H2/t15-/m0/s1. The number of hydrogen-bond donors (Lipinski definition) is 0. The van der Waals surface area contributed by atoms with Gasteiger partial charge in [-0.1, -0.05) is 30.3 Å². The minimum Gasteiger partial charge on any atom is -0.197 e. The summed E-state index contributed by atoms with van der Waals surface area (Å²) in [5, 5.41) is 22.3. The summed E-state index contributed by atoms with van der Waals surface area (Å²) >= 11 is 1.64. The summed E-state index contributed by atoms with van der Waals surface area (Å²) in [6.07, 6.45) is 0.735. The van der Waals surface area contributed by atoms with Crippen LogP contribution in [0.4, 0.5) is 0 Å². The summed E-state index contributed by atoms with van der Waals surface area (Å²) in [7, 11) is 0. The molecule has 0 radical (unpaired) electrons. The van der Waals surface area contributed by atoms with Gasteiger partial charge in [-0.3, -0.25) is 0 Å². The van der Waals surface area contributed by atoms with Gasteiger partial charge in [0.25, 0.3) is 0 Å². The number of thiophene rings is 1. The lowest BCUT2D eigenvalue weighted by molar-refractivity contribution is 0.609. The van der Waals surface area contributed by atoms with E-state index in [0.717, 1.165) is 12.0 Å². The summed E-state index contributed by atoms with van der Waals surface area (Å²) in [6, 6.07) is 16.1. The van der Waals surface area contributed by atoms with Gasteiger partial charge in [-0.25, -0.2) is 0 Å². The van der Waals surface area contributed by atoms with Crippen LogP contribution in [0.3, 0.4) is 0 Å². The molecule has 2 aromatic rings. The molecule has 1 aromatic carbocycles. The Morgan fingerprint density at radius 3 is 2.33 bits per heavy atom. The predicted molar refractivity (Wildman–Crippen MR) is 71.9 cm³/mol. The Kier molecular flexibility index (Phi) is 4.12. The van der Waals surface area contributed by atoms with Crippen LogP contribution in [0, 0.1) is 28.6 Å². The predicted octanol–water partition coefficient (Wildman–Crippen LogP) is 3.74. The average Bonchev–Trinajstić information content (AvgIpc) is 2.93. The van der Waals surface area contributed by atoms with E-state index in [9.17, 15) is 0 Å². The van der Waals surface area contributed by atoms with Crippen LogP contribution in [0.25, 0.3) is 0 Å². The van der Waals surface area contributed by atoms with Gasteiger partial charge in [0.15, 0.2) is 0 Å². The van der Waals surface area contributed by atoms with E-state index in [1.54, 1.807) is 11.3 Å². The summed E-state index contributed by atoms with van der Waals surface area (Å²) in [5.74, 6) is -0.664. The first-order valence-electron chi connectivity index (χ1n) is 5.70. The van der Waals surface area contributed by atoms with Gasteiger partial charge >= 0.3 is 0 Å². The van der Waals surface area contributed by atoms with E-state index in [2.05, 4.69) is 17.5 Å². The zero-order chi connectivity index (χ0) is 12.8. The molecule has 1 heterocycles. The fourth-order valence-electron chi connectivity index (χ4n) is 2.00. The van der Waals surface area contributed by atoms with E-state index in [1.807, 2.05) is 41.8 Å². The lowest BCUT2D eigenvalue weighted by Crippen LogP contribution is -2.12. The molecule has 0 aliphatic rings. The molecule has 0 fully saturated rings. The maximum atomic E-state index is 9.12. The highest BCUT2D eigenvalue weighted by atomic mass is 32.1. The van der Waals surface area contributed by atoms with Gasteiger partial charge in [0.05, 0.1) is 12.1 Å². The second-order valence-corrected chi connectivity index (χ2v) is 4.87. The number of hydrogen-bond acceptors (Lipinski definition) is 3. The van der Waals surface area contributed by atoms with Gasteiger partial charge in [0.1, 0.15) is 5.92 Å². The second kappa shape index (κ2) is 6.00. The molecule has 0 spiro atoms. The van der Waals surface area contributed by atoms with Crippen molar-refractivity contribution in [1.29, 1.82) is 10.5 Å². The van der Waals surface area contributed by atoms with Crippen molar-refractivity contribution >= 4 is 11.3 Å². The topological polar surface area (TPSA) is 47.6 Å². The normalized spacial score (nSPS) is 11.7. The molecule has 0 N–H and O–H groups in total. The van der Waals surface area contributed by atoms with Gasteiger partial charge < -0.3 is 0 Å². The average molecular weight is 252 g/mol. The minimum absolute atomic E-state index is 0.0594. The molecule has 18 heavy (non-hydrogen) atoms. The minimum atomic E-state index is -0.604. The molecule has 0 aliphatic heterocycles. The molecule has 1 atom stereocenters. The van der Waals surface area contributed by atoms with Crippen LogP contribution in [0.15, 0.2) is 47.2 Å². The Bertz CT molecular complexity index is 547. The fraction of sp³-hybridized carbons (Fsp3) is 0.200. The van der Waals surface area contributed by atoms with E-state index >= 15 is 0 Å². The molecule has 0 amide bonds. The van der Waals surface area contributed by atoms with Crippen molar-refractivity contribution in [1.82, 2.24) is 0 Å². The van der Waals surface area contributed by atoms with Crippen molar-refractivity contribution < 1.29 is 0 Å². The Balaban J connectivity index is 2.30. The van der Waals surface area contributed by atoms with E-state index in [4.69, 9.17) is 10.5 Å². The van der Waals surface area contributed by atoms with Crippen molar-refractivity contribution in [2.75, 3.05) is 0 Å². The van der Waals surface area contributed by atoms with Gasteiger partial charge in [0.2, 0.25) is 0 Å². The molecule has 1 aromatic heterocycles. The van der Waals surface area contributed by atoms with Gasteiger partial charge in [-0.15, -0.1) is 0 Å². The third kappa shape index (κ3) is 2.77. The summed E-state index contributed by atoms with van der Waals surface area (Å²) in [5.41, 5.74) is 2.24. The number of rotatable bonds is 4. The number of benzene rings is 1. The van der Waals surface area contributed by atoms with Crippen LogP contribution in [-0.2, 0) is 6.42 Å². The molecule has 0 saturated heterocycles. The zero-order valence-electron chi connectivity index (χ0n) is 9.78. The molecule has 0 saturated carbocycles. The highest BCUT2D eigenvalue weighted by Gasteiger charge is 2.23. The largest absolute Gasteiger partial charge is 0.197 e. The molecule has 2 rings (SSSR count).